The third-order valence-corrected chi connectivity index (χ3v) is 5.00. The molecule has 22 heavy (non-hydrogen) atoms. The highest BCUT2D eigenvalue weighted by molar-refractivity contribution is 7.15. The van der Waals surface area contributed by atoms with Crippen LogP contribution >= 0.6 is 11.3 Å². The Labute approximate surface area is 134 Å². The van der Waals surface area contributed by atoms with Crippen molar-refractivity contribution in [2.45, 2.75) is 19.9 Å². The van der Waals surface area contributed by atoms with Crippen LogP contribution < -0.4 is 0 Å². The van der Waals surface area contributed by atoms with Gasteiger partial charge in [0.05, 0.1) is 11.0 Å². The molecule has 5 heteroatoms. The molecular formula is C17H19N3OS. The van der Waals surface area contributed by atoms with Crippen LogP contribution in [0, 0.1) is 0 Å². The van der Waals surface area contributed by atoms with Gasteiger partial charge in [-0.1, -0.05) is 6.92 Å². The zero-order valence-electron chi connectivity index (χ0n) is 13.0. The molecule has 0 radical (unpaired) electrons. The predicted octanol–water partition coefficient (Wildman–Crippen LogP) is 3.42. The van der Waals surface area contributed by atoms with Crippen LogP contribution in [0.25, 0.3) is 21.5 Å². The highest BCUT2D eigenvalue weighted by Gasteiger charge is 2.10. The molecule has 0 atom stereocenters. The molecule has 3 rings (SSSR count). The van der Waals surface area contributed by atoms with E-state index in [9.17, 15) is 4.79 Å². The van der Waals surface area contributed by atoms with Gasteiger partial charge in [0.15, 0.2) is 0 Å². The number of likely N-dealkylation sites (N-methyl/N-ethyl adjacent to an activating group) is 1. The smallest absolute Gasteiger partial charge is 0.241 e. The van der Waals surface area contributed by atoms with Crippen LogP contribution in [0.1, 0.15) is 11.8 Å². The first-order valence-electron chi connectivity index (χ1n) is 7.32. The molecule has 0 unspecified atom stereocenters. The highest BCUT2D eigenvalue weighted by atomic mass is 32.1. The van der Waals surface area contributed by atoms with Gasteiger partial charge in [0.2, 0.25) is 5.91 Å². The topological polar surface area (TPSA) is 38.1 Å². The molecule has 0 bridgehead atoms. The van der Waals surface area contributed by atoms with Crippen molar-refractivity contribution >= 4 is 28.3 Å². The quantitative estimate of drug-likeness (QED) is 0.740. The summed E-state index contributed by atoms with van der Waals surface area (Å²) >= 11 is 1.80. The third kappa shape index (κ3) is 2.76. The van der Waals surface area contributed by atoms with Crippen LogP contribution in [-0.2, 0) is 17.8 Å². The van der Waals surface area contributed by atoms with Crippen molar-refractivity contribution in [1.29, 1.82) is 0 Å². The monoisotopic (exact) mass is 313 g/mol. The summed E-state index contributed by atoms with van der Waals surface area (Å²) in [5.74, 6) is 0.0762. The van der Waals surface area contributed by atoms with Crippen molar-refractivity contribution in [2.24, 2.45) is 0 Å². The van der Waals surface area contributed by atoms with Gasteiger partial charge in [-0.15, -0.1) is 11.3 Å². The third-order valence-electron chi connectivity index (χ3n) is 3.72. The Kier molecular flexibility index (Phi) is 3.98. The molecule has 0 fully saturated rings. The van der Waals surface area contributed by atoms with Crippen LogP contribution in [0.5, 0.6) is 0 Å². The number of carbonyl (C=O) groups excluding carboxylic acids is 1. The molecule has 3 aromatic rings. The predicted molar refractivity (Wildman–Crippen MR) is 91.1 cm³/mol. The fourth-order valence-electron chi connectivity index (χ4n) is 2.35. The van der Waals surface area contributed by atoms with Crippen LogP contribution in [0.3, 0.4) is 0 Å². The van der Waals surface area contributed by atoms with Crippen molar-refractivity contribution in [3.63, 3.8) is 0 Å². The van der Waals surface area contributed by atoms with Crippen molar-refractivity contribution < 1.29 is 4.79 Å². The molecule has 3 aromatic heterocycles. The van der Waals surface area contributed by atoms with Gasteiger partial charge in [-0.25, -0.2) is 0 Å². The van der Waals surface area contributed by atoms with Crippen LogP contribution in [-0.4, -0.2) is 34.5 Å². The number of nitrogens with zero attached hydrogens (tertiary/aromatic N) is 3. The summed E-state index contributed by atoms with van der Waals surface area (Å²) in [6, 6.07) is 8.38. The SMILES string of the molecule is CCc1ccc(-c2cnc3ccn(CC(=O)N(C)C)c3c2)s1. The molecule has 0 saturated carbocycles. The Morgan fingerprint density at radius 1 is 1.32 bits per heavy atom. The van der Waals surface area contributed by atoms with Crippen molar-refractivity contribution in [1.82, 2.24) is 14.5 Å². The molecule has 0 aliphatic heterocycles. The van der Waals surface area contributed by atoms with Gasteiger partial charge in [0.25, 0.3) is 0 Å². The second kappa shape index (κ2) is 5.93. The number of aromatic nitrogens is 2. The molecule has 0 N–H and O–H groups in total. The number of thiophene rings is 1. The number of aryl methyl sites for hydroxylation is 1. The minimum absolute atomic E-state index is 0.0762. The van der Waals surface area contributed by atoms with Gasteiger partial charge in [-0.05, 0) is 30.7 Å². The highest BCUT2D eigenvalue weighted by Crippen LogP contribution is 2.30. The number of hydrogen-bond donors (Lipinski definition) is 0. The molecule has 0 spiro atoms. The van der Waals surface area contributed by atoms with E-state index in [1.54, 1.807) is 30.3 Å². The minimum atomic E-state index is 0.0762. The number of fused-ring (bicyclic) bond motifs is 1. The Morgan fingerprint density at radius 3 is 2.82 bits per heavy atom. The molecule has 4 nitrogen and oxygen atoms in total. The Morgan fingerprint density at radius 2 is 2.14 bits per heavy atom. The molecule has 0 aliphatic rings. The molecular weight excluding hydrogens is 294 g/mol. The normalized spacial score (nSPS) is 11.0. The lowest BCUT2D eigenvalue weighted by molar-refractivity contribution is -0.129. The van der Waals surface area contributed by atoms with E-state index in [1.807, 2.05) is 23.0 Å². The molecule has 0 aromatic carbocycles. The van der Waals surface area contributed by atoms with Crippen LogP contribution in [0.15, 0.2) is 36.7 Å². The first-order valence-corrected chi connectivity index (χ1v) is 8.14. The van der Waals surface area contributed by atoms with Crippen LogP contribution in [0.2, 0.25) is 0 Å². The maximum Gasteiger partial charge on any atom is 0.241 e. The summed E-state index contributed by atoms with van der Waals surface area (Å²) in [4.78, 5) is 20.7. The van der Waals surface area contributed by atoms with E-state index in [2.05, 4.69) is 30.1 Å². The van der Waals surface area contributed by atoms with Gasteiger partial charge in [-0.3, -0.25) is 9.78 Å². The van der Waals surface area contributed by atoms with Gasteiger partial charge in [0.1, 0.15) is 6.54 Å². The summed E-state index contributed by atoms with van der Waals surface area (Å²) in [5.41, 5.74) is 3.02. The molecule has 114 valence electrons. The summed E-state index contributed by atoms with van der Waals surface area (Å²) in [6.07, 6.45) is 4.88. The van der Waals surface area contributed by atoms with Crippen molar-refractivity contribution in [3.8, 4) is 10.4 Å². The fourth-order valence-corrected chi connectivity index (χ4v) is 3.27. The minimum Gasteiger partial charge on any atom is -0.347 e. The van der Waals surface area contributed by atoms with E-state index in [1.165, 1.54) is 9.75 Å². The lowest BCUT2D eigenvalue weighted by Gasteiger charge is -2.11. The standard InChI is InChI=1S/C17H19N3OS/c1-4-13-5-6-16(22-13)12-9-15-14(18-10-12)7-8-20(15)11-17(21)19(2)3/h5-10H,4,11H2,1-3H3. The Hall–Kier alpha value is -2.14. The molecule has 0 aliphatic carbocycles. The maximum atomic E-state index is 11.9. The molecule has 1 amide bonds. The van der Waals surface area contributed by atoms with Crippen molar-refractivity contribution in [2.75, 3.05) is 14.1 Å². The van der Waals surface area contributed by atoms with Gasteiger partial charge >= 0.3 is 0 Å². The second-order valence-corrected chi connectivity index (χ2v) is 6.65. The van der Waals surface area contributed by atoms with Crippen LogP contribution in [0.4, 0.5) is 0 Å². The average Bonchev–Trinajstić information content (AvgIpc) is 3.13. The Bertz CT molecular complexity index is 816. The van der Waals surface area contributed by atoms with Gasteiger partial charge in [-0.2, -0.15) is 0 Å². The lowest BCUT2D eigenvalue weighted by Crippen LogP contribution is -2.25. The summed E-state index contributed by atoms with van der Waals surface area (Å²) in [6.45, 7) is 2.50. The van der Waals surface area contributed by atoms with Gasteiger partial charge in [0, 0.05) is 41.8 Å². The first-order chi connectivity index (χ1) is 10.6. The van der Waals surface area contributed by atoms with E-state index < -0.39 is 0 Å². The van der Waals surface area contributed by atoms with Gasteiger partial charge < -0.3 is 9.47 Å². The maximum absolute atomic E-state index is 11.9. The number of pyridine rings is 1. The van der Waals surface area contributed by atoms with E-state index in [-0.39, 0.29) is 5.91 Å². The van der Waals surface area contributed by atoms with E-state index in [0.717, 1.165) is 23.0 Å². The first kappa shape index (κ1) is 14.8. The molecule has 0 saturated heterocycles. The van der Waals surface area contributed by atoms with E-state index >= 15 is 0 Å². The van der Waals surface area contributed by atoms with E-state index in [0.29, 0.717) is 6.54 Å². The zero-order chi connectivity index (χ0) is 15.7. The lowest BCUT2D eigenvalue weighted by atomic mass is 10.2. The molecule has 3 heterocycles. The van der Waals surface area contributed by atoms with E-state index in [4.69, 9.17) is 0 Å². The largest absolute Gasteiger partial charge is 0.347 e. The summed E-state index contributed by atoms with van der Waals surface area (Å²) in [7, 11) is 3.55. The number of carbonyl (C=O) groups is 1. The van der Waals surface area contributed by atoms with Crippen molar-refractivity contribution in [3.05, 3.63) is 41.5 Å². The second-order valence-electron chi connectivity index (χ2n) is 5.48. The summed E-state index contributed by atoms with van der Waals surface area (Å²) in [5, 5.41) is 0. The fraction of sp³-hybridized carbons (Fsp3) is 0.294. The summed E-state index contributed by atoms with van der Waals surface area (Å²) < 4.78 is 1.96. The average molecular weight is 313 g/mol. The number of rotatable bonds is 4. The number of hydrogen-bond acceptors (Lipinski definition) is 3. The zero-order valence-corrected chi connectivity index (χ0v) is 13.9. The number of amides is 1. The Balaban J connectivity index is 1.99.